The molecule has 6 nitrogen and oxygen atoms in total. The van der Waals surface area contributed by atoms with Crippen molar-refractivity contribution in [3.63, 3.8) is 0 Å². The summed E-state index contributed by atoms with van der Waals surface area (Å²) in [5.41, 5.74) is 5.11. The number of hydrogen-bond donors (Lipinski definition) is 0. The molecule has 1 aromatic carbocycles. The molecule has 1 saturated heterocycles. The Balaban J connectivity index is 1.42. The number of imidazole rings is 1. The minimum Gasteiger partial charge on any atom is -0.435 e. The topological polar surface area (TPSA) is 55.5 Å². The van der Waals surface area contributed by atoms with Crippen LogP contribution >= 0.6 is 0 Å². The predicted molar refractivity (Wildman–Crippen MR) is 137 cm³/mol. The maximum absolute atomic E-state index is 12.9. The lowest BCUT2D eigenvalue weighted by Crippen LogP contribution is -2.41. The lowest BCUT2D eigenvalue weighted by atomic mass is 9.90. The van der Waals surface area contributed by atoms with Crippen LogP contribution in [0, 0.1) is 12.8 Å². The van der Waals surface area contributed by atoms with Crippen molar-refractivity contribution in [2.75, 3.05) is 11.4 Å². The van der Waals surface area contributed by atoms with Crippen molar-refractivity contribution >= 4 is 11.6 Å². The number of aryl methyl sites for hydroxylation is 1. The molecule has 1 aliphatic rings. The first-order chi connectivity index (χ1) is 17.4. The molecule has 2 unspecified atom stereocenters. The third kappa shape index (κ3) is 4.90. The Morgan fingerprint density at radius 3 is 2.58 bits per heavy atom. The van der Waals surface area contributed by atoms with Gasteiger partial charge in [0.05, 0.1) is 5.69 Å². The van der Waals surface area contributed by atoms with Crippen molar-refractivity contribution in [2.45, 2.75) is 59.1 Å². The van der Waals surface area contributed by atoms with Gasteiger partial charge in [0.1, 0.15) is 11.4 Å². The van der Waals surface area contributed by atoms with Crippen molar-refractivity contribution in [3.8, 4) is 16.9 Å². The van der Waals surface area contributed by atoms with Gasteiger partial charge in [0, 0.05) is 60.0 Å². The molecule has 5 rings (SSSR count). The van der Waals surface area contributed by atoms with Gasteiger partial charge in [-0.25, -0.2) is 15.0 Å². The van der Waals surface area contributed by atoms with Crippen molar-refractivity contribution in [2.24, 2.45) is 5.92 Å². The fraction of sp³-hybridized carbons (Fsp3) is 0.393. The molecular formula is C28H31F2N5O. The van der Waals surface area contributed by atoms with Crippen molar-refractivity contribution in [1.82, 2.24) is 19.4 Å². The monoisotopic (exact) mass is 491 g/mol. The Morgan fingerprint density at radius 1 is 1.08 bits per heavy atom. The SMILES string of the molecule is CCC1CCN(c2ncc(-c3ccc4nc(C)c(Cc5ccccc5OC(F)F)n4c3)cn2)C(C)C1. The van der Waals surface area contributed by atoms with Gasteiger partial charge in [-0.15, -0.1) is 0 Å². The van der Waals surface area contributed by atoms with E-state index in [-0.39, 0.29) is 5.75 Å². The number of anilines is 1. The third-order valence-corrected chi connectivity index (χ3v) is 7.25. The number of halogens is 2. The van der Waals surface area contributed by atoms with Crippen LogP contribution in [0.1, 0.15) is 50.1 Å². The molecule has 0 amide bonds. The summed E-state index contributed by atoms with van der Waals surface area (Å²) in [4.78, 5) is 16.4. The van der Waals surface area contributed by atoms with Gasteiger partial charge in [-0.1, -0.05) is 31.5 Å². The van der Waals surface area contributed by atoms with E-state index in [4.69, 9.17) is 14.7 Å². The third-order valence-electron chi connectivity index (χ3n) is 7.25. The van der Waals surface area contributed by atoms with Gasteiger partial charge < -0.3 is 14.0 Å². The summed E-state index contributed by atoms with van der Waals surface area (Å²) in [5, 5.41) is 0. The second-order valence-electron chi connectivity index (χ2n) is 9.57. The molecule has 3 aromatic heterocycles. The Morgan fingerprint density at radius 2 is 1.86 bits per heavy atom. The van der Waals surface area contributed by atoms with Crippen LogP contribution in [0.5, 0.6) is 5.75 Å². The van der Waals surface area contributed by atoms with Crippen LogP contribution < -0.4 is 9.64 Å². The highest BCUT2D eigenvalue weighted by atomic mass is 19.3. The highest BCUT2D eigenvalue weighted by Gasteiger charge is 2.26. The summed E-state index contributed by atoms with van der Waals surface area (Å²) in [7, 11) is 0. The van der Waals surface area contributed by atoms with Crippen LogP contribution in [-0.2, 0) is 6.42 Å². The molecule has 1 fully saturated rings. The molecule has 0 N–H and O–H groups in total. The second kappa shape index (κ2) is 10.2. The number of para-hydroxylation sites is 1. The average molecular weight is 492 g/mol. The number of nitrogens with zero attached hydrogens (tertiary/aromatic N) is 5. The minimum atomic E-state index is -2.87. The van der Waals surface area contributed by atoms with Gasteiger partial charge in [-0.05, 0) is 50.8 Å². The fourth-order valence-corrected chi connectivity index (χ4v) is 5.19. The van der Waals surface area contributed by atoms with Gasteiger partial charge >= 0.3 is 6.61 Å². The predicted octanol–water partition coefficient (Wildman–Crippen LogP) is 6.31. The van der Waals surface area contributed by atoms with Crippen LogP contribution in [0.4, 0.5) is 14.7 Å². The molecule has 0 radical (unpaired) electrons. The van der Waals surface area contributed by atoms with Gasteiger partial charge in [0.25, 0.3) is 0 Å². The first-order valence-corrected chi connectivity index (χ1v) is 12.5. The summed E-state index contributed by atoms with van der Waals surface area (Å²) in [6.07, 6.45) is 9.74. The maximum atomic E-state index is 12.9. The van der Waals surface area contributed by atoms with E-state index in [1.807, 2.05) is 48.1 Å². The minimum absolute atomic E-state index is 0.180. The molecule has 8 heteroatoms. The van der Waals surface area contributed by atoms with E-state index in [2.05, 4.69) is 23.7 Å². The number of rotatable bonds is 7. The zero-order chi connectivity index (χ0) is 25.2. The molecular weight excluding hydrogens is 460 g/mol. The van der Waals surface area contributed by atoms with Crippen molar-refractivity contribution < 1.29 is 13.5 Å². The molecule has 0 spiro atoms. The number of alkyl halides is 2. The number of ether oxygens (including phenoxy) is 1. The molecule has 36 heavy (non-hydrogen) atoms. The van der Waals surface area contributed by atoms with E-state index in [9.17, 15) is 8.78 Å². The highest BCUT2D eigenvalue weighted by molar-refractivity contribution is 5.64. The van der Waals surface area contributed by atoms with Crippen LogP contribution in [-0.4, -0.2) is 38.6 Å². The molecule has 4 heterocycles. The first-order valence-electron chi connectivity index (χ1n) is 12.5. The molecule has 4 aromatic rings. The summed E-state index contributed by atoms with van der Waals surface area (Å²) in [5.74, 6) is 1.74. The number of aromatic nitrogens is 4. The molecule has 0 aliphatic carbocycles. The molecule has 1 aliphatic heterocycles. The van der Waals surface area contributed by atoms with E-state index in [1.54, 1.807) is 18.2 Å². The smallest absolute Gasteiger partial charge is 0.387 e. The van der Waals surface area contributed by atoms with Crippen molar-refractivity contribution in [1.29, 1.82) is 0 Å². The zero-order valence-electron chi connectivity index (χ0n) is 20.9. The molecule has 0 bridgehead atoms. The first kappa shape index (κ1) is 24.2. The van der Waals surface area contributed by atoms with Gasteiger partial charge in [-0.2, -0.15) is 8.78 Å². The number of fused-ring (bicyclic) bond motifs is 1. The Labute approximate surface area is 210 Å². The quantitative estimate of drug-likeness (QED) is 0.303. The Hall–Kier alpha value is -3.55. The summed E-state index contributed by atoms with van der Waals surface area (Å²) in [6, 6.07) is 11.3. The van der Waals surface area contributed by atoms with E-state index in [1.165, 1.54) is 19.3 Å². The number of benzene rings is 1. The van der Waals surface area contributed by atoms with Crippen LogP contribution in [0.3, 0.4) is 0 Å². The van der Waals surface area contributed by atoms with Gasteiger partial charge in [0.2, 0.25) is 5.95 Å². The lowest BCUT2D eigenvalue weighted by molar-refractivity contribution is -0.0503. The highest BCUT2D eigenvalue weighted by Crippen LogP contribution is 2.29. The Kier molecular flexibility index (Phi) is 6.85. The fourth-order valence-electron chi connectivity index (χ4n) is 5.19. The maximum Gasteiger partial charge on any atom is 0.387 e. The van der Waals surface area contributed by atoms with E-state index in [0.29, 0.717) is 18.0 Å². The second-order valence-corrected chi connectivity index (χ2v) is 9.57. The lowest BCUT2D eigenvalue weighted by Gasteiger charge is -2.37. The van der Waals surface area contributed by atoms with Gasteiger partial charge in [-0.3, -0.25) is 0 Å². The molecule has 188 valence electrons. The molecule has 2 atom stereocenters. The number of pyridine rings is 1. The molecule has 0 saturated carbocycles. The summed E-state index contributed by atoms with van der Waals surface area (Å²) >= 11 is 0. The van der Waals surface area contributed by atoms with E-state index >= 15 is 0 Å². The summed E-state index contributed by atoms with van der Waals surface area (Å²) in [6.45, 7) is 4.56. The van der Waals surface area contributed by atoms with Gasteiger partial charge in [0.15, 0.2) is 0 Å². The summed E-state index contributed by atoms with van der Waals surface area (Å²) < 4.78 is 32.5. The van der Waals surface area contributed by atoms with E-state index < -0.39 is 6.61 Å². The van der Waals surface area contributed by atoms with E-state index in [0.717, 1.165) is 46.6 Å². The Bertz CT molecular complexity index is 1340. The zero-order valence-corrected chi connectivity index (χ0v) is 20.9. The number of hydrogen-bond acceptors (Lipinski definition) is 5. The number of piperidine rings is 1. The normalized spacial score (nSPS) is 18.2. The largest absolute Gasteiger partial charge is 0.435 e. The van der Waals surface area contributed by atoms with Crippen LogP contribution in [0.25, 0.3) is 16.8 Å². The van der Waals surface area contributed by atoms with Crippen LogP contribution in [0.2, 0.25) is 0 Å². The average Bonchev–Trinajstić information content (AvgIpc) is 3.19. The van der Waals surface area contributed by atoms with Crippen LogP contribution in [0.15, 0.2) is 55.0 Å². The van der Waals surface area contributed by atoms with Crippen molar-refractivity contribution in [3.05, 3.63) is 71.9 Å². The standard InChI is InChI=1S/C28H31F2N5O/c1-4-20-11-12-34(18(2)13-20)28-31-15-23(16-32-28)22-9-10-26-33-19(3)24(35(26)17-22)14-21-7-5-6-8-25(21)36-27(29)30/h5-10,15-18,20,27H,4,11-14H2,1-3H3.